The Kier molecular flexibility index (Phi) is 6.18. The summed E-state index contributed by atoms with van der Waals surface area (Å²) in [6, 6.07) is 7.66. The maximum absolute atomic E-state index is 12.6. The summed E-state index contributed by atoms with van der Waals surface area (Å²) in [4.78, 5) is 25.1. The molecule has 0 atom stereocenters. The second-order valence-electron chi connectivity index (χ2n) is 7.53. The molecule has 1 aliphatic carbocycles. The van der Waals surface area contributed by atoms with Gasteiger partial charge in [0.25, 0.3) is 5.91 Å². The van der Waals surface area contributed by atoms with Gasteiger partial charge in [-0.1, -0.05) is 44.6 Å². The molecule has 4 aromatic rings. The van der Waals surface area contributed by atoms with E-state index in [1.54, 1.807) is 17.8 Å². The summed E-state index contributed by atoms with van der Waals surface area (Å²) in [5.41, 5.74) is 9.35. The van der Waals surface area contributed by atoms with Gasteiger partial charge in [0.2, 0.25) is 5.95 Å². The number of thiophene rings is 1. The topological polar surface area (TPSA) is 93.8 Å². The largest absolute Gasteiger partial charge is 0.368 e. The Morgan fingerprint density at radius 3 is 2.53 bits per heavy atom. The van der Waals surface area contributed by atoms with Crippen LogP contribution in [0.15, 0.2) is 42.0 Å². The van der Waals surface area contributed by atoms with Crippen LogP contribution in [-0.4, -0.2) is 20.9 Å². The molecule has 0 radical (unpaired) electrons. The molecule has 1 saturated carbocycles. The molecule has 3 N–H and O–H groups in total. The van der Waals surface area contributed by atoms with E-state index in [9.17, 15) is 4.79 Å². The van der Waals surface area contributed by atoms with E-state index in [1.807, 2.05) is 31.2 Å². The number of benzene rings is 1. The zero-order valence-electron chi connectivity index (χ0n) is 17.0. The second-order valence-corrected chi connectivity index (χ2v) is 8.45. The first kappa shape index (κ1) is 20.2. The Hall–Kier alpha value is -3.06. The first-order valence-corrected chi connectivity index (χ1v) is 11.2. The van der Waals surface area contributed by atoms with Crippen LogP contribution in [0.4, 0.5) is 11.6 Å². The van der Waals surface area contributed by atoms with Crippen molar-refractivity contribution in [1.29, 1.82) is 0 Å². The standard InChI is InChI=1S/C17H13N5OS.C6H12/c1-9-5-11(6-10-3-2-4-19-14(9)10)21-16(23)12-8-24-13-7-20-17(18)22-15(12)13;1-2-4-6-5-3-1/h2-8H,1H3,(H,21,23)(H2,18,20,22);1-6H2. The van der Waals surface area contributed by atoms with Crippen molar-refractivity contribution < 1.29 is 4.79 Å². The number of nitrogens with two attached hydrogens (primary N) is 1. The van der Waals surface area contributed by atoms with Crippen molar-refractivity contribution in [2.24, 2.45) is 0 Å². The first-order valence-electron chi connectivity index (χ1n) is 10.3. The van der Waals surface area contributed by atoms with Gasteiger partial charge in [-0.25, -0.2) is 9.97 Å². The van der Waals surface area contributed by atoms with Gasteiger partial charge in [0, 0.05) is 22.7 Å². The van der Waals surface area contributed by atoms with Gasteiger partial charge in [0.05, 0.1) is 27.5 Å². The van der Waals surface area contributed by atoms with Crippen LogP contribution >= 0.6 is 11.3 Å². The van der Waals surface area contributed by atoms with E-state index in [1.165, 1.54) is 49.9 Å². The molecule has 0 spiro atoms. The van der Waals surface area contributed by atoms with Crippen LogP contribution in [0.3, 0.4) is 0 Å². The summed E-state index contributed by atoms with van der Waals surface area (Å²) in [6.45, 7) is 1.97. The smallest absolute Gasteiger partial charge is 0.258 e. The number of rotatable bonds is 2. The Labute approximate surface area is 179 Å². The molecule has 30 heavy (non-hydrogen) atoms. The maximum Gasteiger partial charge on any atom is 0.258 e. The molecule has 0 bridgehead atoms. The number of anilines is 2. The van der Waals surface area contributed by atoms with E-state index in [0.717, 1.165) is 26.9 Å². The number of aromatic nitrogens is 3. The fraction of sp³-hybridized carbons (Fsp3) is 0.304. The lowest BCUT2D eigenvalue weighted by Crippen LogP contribution is -2.12. The van der Waals surface area contributed by atoms with E-state index in [2.05, 4.69) is 20.3 Å². The zero-order valence-corrected chi connectivity index (χ0v) is 17.8. The predicted octanol–water partition coefficient (Wildman–Crippen LogP) is 5.72. The summed E-state index contributed by atoms with van der Waals surface area (Å²) in [7, 11) is 0. The molecule has 0 saturated heterocycles. The number of aryl methyl sites for hydroxylation is 1. The third kappa shape index (κ3) is 4.57. The molecule has 1 aliphatic rings. The molecular weight excluding hydrogens is 394 g/mol. The van der Waals surface area contributed by atoms with Crippen LogP contribution in [0.25, 0.3) is 21.1 Å². The van der Waals surface area contributed by atoms with E-state index < -0.39 is 0 Å². The third-order valence-corrected chi connectivity index (χ3v) is 6.14. The van der Waals surface area contributed by atoms with Gasteiger partial charge in [-0.3, -0.25) is 9.78 Å². The fourth-order valence-corrected chi connectivity index (χ4v) is 4.55. The van der Waals surface area contributed by atoms with Crippen LogP contribution in [-0.2, 0) is 0 Å². The number of hydrogen-bond acceptors (Lipinski definition) is 6. The van der Waals surface area contributed by atoms with Crippen molar-refractivity contribution in [1.82, 2.24) is 15.0 Å². The van der Waals surface area contributed by atoms with E-state index >= 15 is 0 Å². The van der Waals surface area contributed by atoms with E-state index in [4.69, 9.17) is 5.73 Å². The normalized spacial score (nSPS) is 13.6. The molecule has 5 rings (SSSR count). The van der Waals surface area contributed by atoms with Gasteiger partial charge in [-0.15, -0.1) is 11.3 Å². The molecule has 154 valence electrons. The average molecular weight is 420 g/mol. The second kappa shape index (κ2) is 9.17. The van der Waals surface area contributed by atoms with Gasteiger partial charge >= 0.3 is 0 Å². The number of nitrogens with one attached hydrogen (secondary N) is 1. The minimum absolute atomic E-state index is 0.155. The van der Waals surface area contributed by atoms with Crippen molar-refractivity contribution in [3.8, 4) is 0 Å². The number of fused-ring (bicyclic) bond motifs is 2. The molecule has 1 fully saturated rings. The van der Waals surface area contributed by atoms with Crippen LogP contribution in [0, 0.1) is 6.92 Å². The Morgan fingerprint density at radius 1 is 1.07 bits per heavy atom. The number of carbonyl (C=O) groups is 1. The number of amides is 1. The van der Waals surface area contributed by atoms with E-state index in [-0.39, 0.29) is 11.9 Å². The highest BCUT2D eigenvalue weighted by atomic mass is 32.1. The Bertz CT molecular complexity index is 1170. The molecule has 1 aromatic carbocycles. The number of pyridine rings is 1. The molecule has 3 heterocycles. The van der Waals surface area contributed by atoms with Gasteiger partial charge < -0.3 is 11.1 Å². The highest BCUT2D eigenvalue weighted by molar-refractivity contribution is 7.17. The van der Waals surface area contributed by atoms with Crippen LogP contribution in [0.2, 0.25) is 0 Å². The lowest BCUT2D eigenvalue weighted by molar-refractivity contribution is 0.102. The molecule has 7 heteroatoms. The Morgan fingerprint density at radius 2 is 1.80 bits per heavy atom. The van der Waals surface area contributed by atoms with Crippen molar-refractivity contribution in [3.05, 3.63) is 53.2 Å². The fourth-order valence-electron chi connectivity index (χ4n) is 3.71. The zero-order chi connectivity index (χ0) is 20.9. The van der Waals surface area contributed by atoms with Gasteiger partial charge in [-0.2, -0.15) is 0 Å². The maximum atomic E-state index is 12.6. The molecule has 3 aromatic heterocycles. The summed E-state index contributed by atoms with van der Waals surface area (Å²) in [6.07, 6.45) is 12.4. The number of nitrogens with zero attached hydrogens (tertiary/aromatic N) is 3. The van der Waals surface area contributed by atoms with Gasteiger partial charge in [-0.05, 0) is 30.7 Å². The molecule has 6 nitrogen and oxygen atoms in total. The van der Waals surface area contributed by atoms with Gasteiger partial charge in [0.15, 0.2) is 0 Å². The van der Waals surface area contributed by atoms with Crippen LogP contribution in [0.1, 0.15) is 54.4 Å². The lowest BCUT2D eigenvalue weighted by atomic mass is 10.0. The molecule has 0 unspecified atom stereocenters. The first-order chi connectivity index (χ1) is 14.6. The van der Waals surface area contributed by atoms with Crippen LogP contribution < -0.4 is 11.1 Å². The van der Waals surface area contributed by atoms with Crippen molar-refractivity contribution >= 4 is 50.0 Å². The monoisotopic (exact) mass is 419 g/mol. The van der Waals surface area contributed by atoms with Crippen LogP contribution in [0.5, 0.6) is 0 Å². The SMILES string of the molecule is C1CCCCC1.Cc1cc(NC(=O)c2csc3cnc(N)nc23)cc2cccnc12. The highest BCUT2D eigenvalue weighted by Gasteiger charge is 2.15. The molecule has 0 aliphatic heterocycles. The predicted molar refractivity (Wildman–Crippen MR) is 124 cm³/mol. The highest BCUT2D eigenvalue weighted by Crippen LogP contribution is 2.26. The molecular formula is C23H25N5OS. The minimum atomic E-state index is -0.220. The third-order valence-electron chi connectivity index (χ3n) is 5.23. The average Bonchev–Trinajstić information content (AvgIpc) is 3.19. The summed E-state index contributed by atoms with van der Waals surface area (Å²) in [5, 5.41) is 5.68. The summed E-state index contributed by atoms with van der Waals surface area (Å²) in [5.74, 6) is -0.0652. The van der Waals surface area contributed by atoms with E-state index in [0.29, 0.717) is 11.1 Å². The quantitative estimate of drug-likeness (QED) is 0.433. The minimum Gasteiger partial charge on any atom is -0.368 e. The van der Waals surface area contributed by atoms with Crippen molar-refractivity contribution in [2.45, 2.75) is 45.4 Å². The molecule has 1 amide bonds. The Balaban J connectivity index is 0.000000313. The van der Waals surface area contributed by atoms with Crippen molar-refractivity contribution in [3.63, 3.8) is 0 Å². The summed E-state index contributed by atoms with van der Waals surface area (Å²) >= 11 is 1.42. The van der Waals surface area contributed by atoms with Gasteiger partial charge in [0.1, 0.15) is 0 Å². The number of nitrogen functional groups attached to an aromatic ring is 1. The summed E-state index contributed by atoms with van der Waals surface area (Å²) < 4.78 is 0.827. The number of carbonyl (C=O) groups excluding carboxylic acids is 1. The lowest BCUT2D eigenvalue weighted by Gasteiger charge is -2.08. The number of hydrogen-bond donors (Lipinski definition) is 2. The van der Waals surface area contributed by atoms with Crippen molar-refractivity contribution in [2.75, 3.05) is 11.1 Å².